The van der Waals surface area contributed by atoms with Gasteiger partial charge >= 0.3 is 0 Å². The summed E-state index contributed by atoms with van der Waals surface area (Å²) in [4.78, 5) is 0. The highest BCUT2D eigenvalue weighted by molar-refractivity contribution is 5.29. The van der Waals surface area contributed by atoms with E-state index in [0.29, 0.717) is 18.1 Å². The van der Waals surface area contributed by atoms with E-state index in [1.165, 1.54) is 31.2 Å². The molecule has 1 aromatic rings. The van der Waals surface area contributed by atoms with E-state index in [2.05, 4.69) is 57.3 Å². The van der Waals surface area contributed by atoms with Crippen molar-refractivity contribution < 1.29 is 4.74 Å². The quantitative estimate of drug-likeness (QED) is 0.816. The molecule has 0 aromatic heterocycles. The molecular formula is C19H31NO. The molecule has 3 unspecified atom stereocenters. The summed E-state index contributed by atoms with van der Waals surface area (Å²) in [6.45, 7) is 9.95. The topological polar surface area (TPSA) is 21.3 Å². The van der Waals surface area contributed by atoms with Gasteiger partial charge in [-0.2, -0.15) is 0 Å². The van der Waals surface area contributed by atoms with Crippen molar-refractivity contribution in [3.05, 3.63) is 29.8 Å². The lowest BCUT2D eigenvalue weighted by atomic mass is 9.82. The summed E-state index contributed by atoms with van der Waals surface area (Å²) >= 11 is 0. The Balaban J connectivity index is 2.02. The zero-order valence-corrected chi connectivity index (χ0v) is 14.1. The van der Waals surface area contributed by atoms with Crippen LogP contribution in [0.5, 0.6) is 5.75 Å². The van der Waals surface area contributed by atoms with E-state index in [0.717, 1.165) is 18.2 Å². The molecule has 0 heterocycles. The lowest BCUT2D eigenvalue weighted by molar-refractivity contribution is 0.0856. The second-order valence-corrected chi connectivity index (χ2v) is 6.63. The minimum atomic E-state index is 0.313. The highest BCUT2D eigenvalue weighted by atomic mass is 16.5. The van der Waals surface area contributed by atoms with Gasteiger partial charge in [0, 0.05) is 6.04 Å². The van der Waals surface area contributed by atoms with Crippen molar-refractivity contribution in [3.8, 4) is 5.75 Å². The molecule has 1 fully saturated rings. The third-order valence-corrected chi connectivity index (χ3v) is 4.78. The van der Waals surface area contributed by atoms with Gasteiger partial charge in [-0.05, 0) is 55.3 Å². The summed E-state index contributed by atoms with van der Waals surface area (Å²) in [6, 6.07) is 9.16. The number of nitrogens with one attached hydrogen (secondary N) is 1. The molecular weight excluding hydrogens is 258 g/mol. The Labute approximate surface area is 130 Å². The van der Waals surface area contributed by atoms with Crippen LogP contribution in [0.4, 0.5) is 0 Å². The van der Waals surface area contributed by atoms with Gasteiger partial charge in [-0.25, -0.2) is 0 Å². The Hall–Kier alpha value is -1.02. The van der Waals surface area contributed by atoms with Gasteiger partial charge in [0.1, 0.15) is 11.9 Å². The maximum atomic E-state index is 6.32. The average molecular weight is 289 g/mol. The van der Waals surface area contributed by atoms with Crippen molar-refractivity contribution in [2.24, 2.45) is 5.92 Å². The van der Waals surface area contributed by atoms with E-state index in [-0.39, 0.29) is 0 Å². The fourth-order valence-corrected chi connectivity index (χ4v) is 3.31. The molecule has 3 atom stereocenters. The van der Waals surface area contributed by atoms with Crippen LogP contribution < -0.4 is 10.1 Å². The van der Waals surface area contributed by atoms with Crippen molar-refractivity contribution in [2.45, 2.75) is 71.4 Å². The summed E-state index contributed by atoms with van der Waals surface area (Å²) in [5.74, 6) is 2.41. The fourth-order valence-electron chi connectivity index (χ4n) is 3.31. The summed E-state index contributed by atoms with van der Waals surface area (Å²) < 4.78 is 6.32. The predicted molar refractivity (Wildman–Crippen MR) is 90.0 cm³/mol. The van der Waals surface area contributed by atoms with E-state index in [9.17, 15) is 0 Å². The monoisotopic (exact) mass is 289 g/mol. The molecule has 118 valence electrons. The second kappa shape index (κ2) is 7.84. The lowest BCUT2D eigenvalue weighted by Gasteiger charge is -2.36. The molecule has 2 rings (SSSR count). The maximum absolute atomic E-state index is 6.32. The summed E-state index contributed by atoms with van der Waals surface area (Å²) in [5.41, 5.74) is 1.38. The van der Waals surface area contributed by atoms with Gasteiger partial charge in [-0.1, -0.05) is 46.2 Å². The molecule has 1 aromatic carbocycles. The normalized spacial score (nSPS) is 26.0. The number of rotatable bonds is 6. The Bertz CT molecular complexity index is 412. The molecule has 1 aliphatic carbocycles. The molecule has 1 aliphatic rings. The number of benzene rings is 1. The van der Waals surface area contributed by atoms with Crippen LogP contribution >= 0.6 is 0 Å². The third kappa shape index (κ3) is 4.47. The van der Waals surface area contributed by atoms with Crippen LogP contribution in [0.1, 0.15) is 64.9 Å². The third-order valence-electron chi connectivity index (χ3n) is 4.78. The van der Waals surface area contributed by atoms with E-state index in [1.807, 2.05) is 0 Å². The molecule has 2 heteroatoms. The minimum absolute atomic E-state index is 0.313. The van der Waals surface area contributed by atoms with E-state index >= 15 is 0 Å². The van der Waals surface area contributed by atoms with Crippen LogP contribution in [0.2, 0.25) is 0 Å². The first-order valence-electron chi connectivity index (χ1n) is 8.64. The van der Waals surface area contributed by atoms with Crippen LogP contribution in [-0.4, -0.2) is 18.7 Å². The molecule has 0 aliphatic heterocycles. The van der Waals surface area contributed by atoms with Crippen LogP contribution in [0.15, 0.2) is 24.3 Å². The van der Waals surface area contributed by atoms with Gasteiger partial charge in [0.2, 0.25) is 0 Å². The molecule has 1 saturated carbocycles. The van der Waals surface area contributed by atoms with Crippen LogP contribution in [0.3, 0.4) is 0 Å². The first-order chi connectivity index (χ1) is 10.1. The molecule has 0 spiro atoms. The smallest absolute Gasteiger partial charge is 0.119 e. The summed E-state index contributed by atoms with van der Waals surface area (Å²) in [6.07, 6.45) is 5.33. The minimum Gasteiger partial charge on any atom is -0.489 e. The van der Waals surface area contributed by atoms with Crippen molar-refractivity contribution >= 4 is 0 Å². The Kier molecular flexibility index (Phi) is 6.10. The summed E-state index contributed by atoms with van der Waals surface area (Å²) in [7, 11) is 0. The number of likely N-dealkylation sites (N-methyl/N-ethyl adjacent to an activating group) is 1. The summed E-state index contributed by atoms with van der Waals surface area (Å²) in [5, 5.41) is 3.60. The number of ether oxygens (including phenoxy) is 1. The van der Waals surface area contributed by atoms with Gasteiger partial charge < -0.3 is 10.1 Å². The van der Waals surface area contributed by atoms with E-state index in [4.69, 9.17) is 4.74 Å². The first kappa shape index (κ1) is 16.4. The van der Waals surface area contributed by atoms with E-state index < -0.39 is 0 Å². The largest absolute Gasteiger partial charge is 0.489 e. The predicted octanol–water partition coefficient (Wildman–Crippen LogP) is 4.75. The van der Waals surface area contributed by atoms with Crippen molar-refractivity contribution in [1.29, 1.82) is 0 Å². The first-order valence-corrected chi connectivity index (χ1v) is 8.64. The standard InChI is InChI=1S/C19H31NO/c1-5-15-7-12-18(20-6-2)19(13-15)21-17-10-8-16(9-11-17)14(3)4/h8-11,14-15,18-20H,5-7,12-13H2,1-4H3. The van der Waals surface area contributed by atoms with Crippen molar-refractivity contribution in [1.82, 2.24) is 5.32 Å². The Morgan fingerprint density at radius 1 is 1.14 bits per heavy atom. The zero-order valence-electron chi connectivity index (χ0n) is 14.1. The SMILES string of the molecule is CCNC1CCC(CC)CC1Oc1ccc(C(C)C)cc1. The molecule has 0 saturated heterocycles. The molecule has 0 amide bonds. The van der Waals surface area contributed by atoms with Gasteiger partial charge in [-0.15, -0.1) is 0 Å². The van der Waals surface area contributed by atoms with Crippen molar-refractivity contribution in [2.75, 3.05) is 6.54 Å². The van der Waals surface area contributed by atoms with Crippen LogP contribution in [-0.2, 0) is 0 Å². The number of hydrogen-bond donors (Lipinski definition) is 1. The maximum Gasteiger partial charge on any atom is 0.119 e. The molecule has 1 N–H and O–H groups in total. The Morgan fingerprint density at radius 2 is 1.86 bits per heavy atom. The van der Waals surface area contributed by atoms with E-state index in [1.54, 1.807) is 0 Å². The van der Waals surface area contributed by atoms with Gasteiger partial charge in [0.15, 0.2) is 0 Å². The van der Waals surface area contributed by atoms with Crippen LogP contribution in [0.25, 0.3) is 0 Å². The highest BCUT2D eigenvalue weighted by Crippen LogP contribution is 2.30. The average Bonchev–Trinajstić information content (AvgIpc) is 2.49. The van der Waals surface area contributed by atoms with Gasteiger partial charge in [0.25, 0.3) is 0 Å². The highest BCUT2D eigenvalue weighted by Gasteiger charge is 2.30. The zero-order chi connectivity index (χ0) is 15.2. The second-order valence-electron chi connectivity index (χ2n) is 6.63. The number of hydrogen-bond acceptors (Lipinski definition) is 2. The molecule has 0 radical (unpaired) electrons. The fraction of sp³-hybridized carbons (Fsp3) is 0.684. The van der Waals surface area contributed by atoms with Crippen molar-refractivity contribution in [3.63, 3.8) is 0 Å². The lowest BCUT2D eigenvalue weighted by Crippen LogP contribution is -2.47. The van der Waals surface area contributed by atoms with Crippen LogP contribution in [0, 0.1) is 5.92 Å². The molecule has 0 bridgehead atoms. The van der Waals surface area contributed by atoms with Gasteiger partial charge in [-0.3, -0.25) is 0 Å². The molecule has 21 heavy (non-hydrogen) atoms. The Morgan fingerprint density at radius 3 is 2.43 bits per heavy atom. The molecule has 2 nitrogen and oxygen atoms in total. The van der Waals surface area contributed by atoms with Gasteiger partial charge in [0.05, 0.1) is 0 Å².